The summed E-state index contributed by atoms with van der Waals surface area (Å²) in [5.74, 6) is 5.98. The van der Waals surface area contributed by atoms with Crippen LogP contribution in [0, 0.1) is 11.8 Å². The van der Waals surface area contributed by atoms with Gasteiger partial charge in [-0.15, -0.1) is 11.8 Å². The molecule has 0 bridgehead atoms. The molecule has 0 heterocycles. The van der Waals surface area contributed by atoms with Crippen molar-refractivity contribution in [1.82, 2.24) is 0 Å². The van der Waals surface area contributed by atoms with E-state index >= 15 is 0 Å². The molecule has 0 aromatic heterocycles. The second-order valence-corrected chi connectivity index (χ2v) is 3.36. The zero-order valence-electron chi connectivity index (χ0n) is 6.62. The molecule has 58 valence electrons. The number of hydrogen-bond acceptors (Lipinski definition) is 0. The fourth-order valence-corrected chi connectivity index (χ4v) is 1.33. The molecular formula is C9H15I. The van der Waals surface area contributed by atoms with Gasteiger partial charge >= 0.3 is 0 Å². The Hall–Kier alpha value is 0.290. The largest absolute Gasteiger partial charge is 0.107 e. The average molecular weight is 250 g/mol. The summed E-state index contributed by atoms with van der Waals surface area (Å²) in [5.41, 5.74) is 0. The van der Waals surface area contributed by atoms with Gasteiger partial charge in [0.2, 0.25) is 0 Å². The van der Waals surface area contributed by atoms with E-state index in [1.54, 1.807) is 0 Å². The summed E-state index contributed by atoms with van der Waals surface area (Å²) in [5, 5.41) is 0. The number of halogens is 1. The molecule has 0 aromatic rings. The molecule has 0 unspecified atom stereocenters. The van der Waals surface area contributed by atoms with Crippen molar-refractivity contribution >= 4 is 22.6 Å². The van der Waals surface area contributed by atoms with Crippen molar-refractivity contribution in [1.29, 1.82) is 0 Å². The molecule has 10 heavy (non-hydrogen) atoms. The minimum atomic E-state index is 1.09. The second kappa shape index (κ2) is 9.29. The third-order valence-electron chi connectivity index (χ3n) is 1.36. The third kappa shape index (κ3) is 8.29. The van der Waals surface area contributed by atoms with E-state index in [1.165, 1.54) is 30.1 Å². The molecule has 0 aromatic carbocycles. The molecule has 0 atom stereocenters. The standard InChI is InChI=1S/C9H15I/c1-2-3-4-5-6-7-8-9-10/h4-9H2,1H3. The summed E-state index contributed by atoms with van der Waals surface area (Å²) in [6, 6.07) is 0. The van der Waals surface area contributed by atoms with Crippen LogP contribution < -0.4 is 0 Å². The molecule has 0 amide bonds. The predicted octanol–water partition coefficient (Wildman–Crippen LogP) is 3.40. The molecule has 0 radical (unpaired) electrons. The van der Waals surface area contributed by atoms with E-state index < -0.39 is 0 Å². The van der Waals surface area contributed by atoms with Gasteiger partial charge in [0.1, 0.15) is 0 Å². The zero-order valence-corrected chi connectivity index (χ0v) is 8.78. The maximum Gasteiger partial charge on any atom is 0.00885 e. The van der Waals surface area contributed by atoms with E-state index in [-0.39, 0.29) is 0 Å². The molecule has 0 saturated carbocycles. The van der Waals surface area contributed by atoms with E-state index in [0.717, 1.165) is 6.42 Å². The fourth-order valence-electron chi connectivity index (χ4n) is 0.786. The molecule has 0 aliphatic rings. The van der Waals surface area contributed by atoms with E-state index in [0.29, 0.717) is 0 Å². The lowest BCUT2D eigenvalue weighted by atomic mass is 10.2. The smallest absolute Gasteiger partial charge is 0.00885 e. The molecule has 0 N–H and O–H groups in total. The van der Waals surface area contributed by atoms with E-state index in [9.17, 15) is 0 Å². The lowest BCUT2D eigenvalue weighted by Gasteiger charge is -1.93. The summed E-state index contributed by atoms with van der Waals surface area (Å²) in [4.78, 5) is 0. The van der Waals surface area contributed by atoms with Gasteiger partial charge in [-0.2, -0.15) is 0 Å². The number of hydrogen-bond donors (Lipinski definition) is 0. The van der Waals surface area contributed by atoms with Gasteiger partial charge in [-0.1, -0.05) is 35.4 Å². The van der Waals surface area contributed by atoms with Gasteiger partial charge in [-0.05, 0) is 24.2 Å². The SMILES string of the molecule is CC#CCCCCCCI. The monoisotopic (exact) mass is 250 g/mol. The van der Waals surface area contributed by atoms with Crippen molar-refractivity contribution in [3.63, 3.8) is 0 Å². The Balaban J connectivity index is 2.82. The fraction of sp³-hybridized carbons (Fsp3) is 0.778. The number of rotatable bonds is 5. The minimum absolute atomic E-state index is 1.09. The van der Waals surface area contributed by atoms with Crippen LogP contribution in [-0.4, -0.2) is 4.43 Å². The van der Waals surface area contributed by atoms with Crippen LogP contribution >= 0.6 is 22.6 Å². The predicted molar refractivity (Wildman–Crippen MR) is 55.4 cm³/mol. The summed E-state index contributed by atoms with van der Waals surface area (Å²) in [6.07, 6.45) is 6.50. The Labute approximate surface area is 77.9 Å². The van der Waals surface area contributed by atoms with Crippen LogP contribution in [0.25, 0.3) is 0 Å². The van der Waals surface area contributed by atoms with Gasteiger partial charge in [0.25, 0.3) is 0 Å². The molecule has 0 fully saturated rings. The molecule has 0 spiro atoms. The highest BCUT2D eigenvalue weighted by Crippen LogP contribution is 2.03. The van der Waals surface area contributed by atoms with Crippen LogP contribution in [0.5, 0.6) is 0 Å². The first kappa shape index (κ1) is 10.3. The van der Waals surface area contributed by atoms with Crippen LogP contribution in [0.2, 0.25) is 0 Å². The van der Waals surface area contributed by atoms with Gasteiger partial charge in [0.15, 0.2) is 0 Å². The lowest BCUT2D eigenvalue weighted by Crippen LogP contribution is -1.77. The molecule has 0 aliphatic heterocycles. The van der Waals surface area contributed by atoms with Crippen LogP contribution in [0.3, 0.4) is 0 Å². The van der Waals surface area contributed by atoms with Crippen molar-refractivity contribution in [3.05, 3.63) is 0 Å². The Morgan fingerprint density at radius 1 is 1.10 bits per heavy atom. The highest BCUT2D eigenvalue weighted by atomic mass is 127. The quantitative estimate of drug-likeness (QED) is 0.303. The second-order valence-electron chi connectivity index (χ2n) is 2.28. The Morgan fingerprint density at radius 2 is 1.80 bits per heavy atom. The van der Waals surface area contributed by atoms with E-state index in [2.05, 4.69) is 34.4 Å². The van der Waals surface area contributed by atoms with Crippen LogP contribution in [0.1, 0.15) is 39.0 Å². The van der Waals surface area contributed by atoms with Crippen LogP contribution in [0.4, 0.5) is 0 Å². The third-order valence-corrected chi connectivity index (χ3v) is 2.12. The number of unbranched alkanes of at least 4 members (excludes halogenated alkanes) is 4. The summed E-state index contributed by atoms with van der Waals surface area (Å²) < 4.78 is 1.30. The first-order valence-electron chi connectivity index (χ1n) is 3.87. The maximum absolute atomic E-state index is 3.07. The normalized spacial score (nSPS) is 8.60. The van der Waals surface area contributed by atoms with E-state index in [4.69, 9.17) is 0 Å². The zero-order chi connectivity index (χ0) is 7.66. The lowest BCUT2D eigenvalue weighted by molar-refractivity contribution is 0.686. The van der Waals surface area contributed by atoms with Gasteiger partial charge in [0, 0.05) is 6.42 Å². The molecule has 0 nitrogen and oxygen atoms in total. The highest BCUT2D eigenvalue weighted by Gasteiger charge is 1.85. The molecule has 0 aliphatic carbocycles. The average Bonchev–Trinajstić information content (AvgIpc) is 1.97. The summed E-state index contributed by atoms with van der Waals surface area (Å²) >= 11 is 2.43. The first-order valence-corrected chi connectivity index (χ1v) is 5.40. The van der Waals surface area contributed by atoms with Crippen molar-refractivity contribution in [2.75, 3.05) is 4.43 Å². The van der Waals surface area contributed by atoms with Crippen LogP contribution in [-0.2, 0) is 0 Å². The summed E-state index contributed by atoms with van der Waals surface area (Å²) in [6.45, 7) is 1.91. The van der Waals surface area contributed by atoms with Crippen molar-refractivity contribution in [3.8, 4) is 11.8 Å². The first-order chi connectivity index (χ1) is 4.91. The highest BCUT2D eigenvalue weighted by molar-refractivity contribution is 14.1. The van der Waals surface area contributed by atoms with Crippen molar-refractivity contribution < 1.29 is 0 Å². The summed E-state index contributed by atoms with van der Waals surface area (Å²) in [7, 11) is 0. The van der Waals surface area contributed by atoms with Gasteiger partial charge in [-0.3, -0.25) is 0 Å². The molecule has 0 rings (SSSR count). The van der Waals surface area contributed by atoms with Crippen LogP contribution in [0.15, 0.2) is 0 Å². The molecule has 1 heteroatoms. The van der Waals surface area contributed by atoms with Crippen molar-refractivity contribution in [2.24, 2.45) is 0 Å². The van der Waals surface area contributed by atoms with E-state index in [1.807, 2.05) is 6.92 Å². The topological polar surface area (TPSA) is 0 Å². The van der Waals surface area contributed by atoms with Gasteiger partial charge in [-0.25, -0.2) is 0 Å². The maximum atomic E-state index is 3.07. The van der Waals surface area contributed by atoms with Crippen molar-refractivity contribution in [2.45, 2.75) is 39.0 Å². The minimum Gasteiger partial charge on any atom is -0.107 e. The number of alkyl halides is 1. The molecule has 0 saturated heterocycles. The molecular weight excluding hydrogens is 235 g/mol. The van der Waals surface area contributed by atoms with Gasteiger partial charge < -0.3 is 0 Å². The van der Waals surface area contributed by atoms with Gasteiger partial charge in [0.05, 0.1) is 0 Å². The Morgan fingerprint density at radius 3 is 2.40 bits per heavy atom. The Kier molecular flexibility index (Phi) is 9.56. The Bertz CT molecular complexity index is 108.